The first-order valence-corrected chi connectivity index (χ1v) is 4.88. The number of hydrogen-bond acceptors (Lipinski definition) is 2. The van der Waals surface area contributed by atoms with Gasteiger partial charge < -0.3 is 5.11 Å². The predicted octanol–water partition coefficient (Wildman–Crippen LogP) is 3.33. The van der Waals surface area contributed by atoms with Crippen molar-refractivity contribution in [3.8, 4) is 0 Å². The number of aliphatic hydroxyl groups is 1. The van der Waals surface area contributed by atoms with Crippen LogP contribution in [0.5, 0.6) is 0 Å². The van der Waals surface area contributed by atoms with Gasteiger partial charge in [0.1, 0.15) is 6.10 Å². The second kappa shape index (κ2) is 4.38. The summed E-state index contributed by atoms with van der Waals surface area (Å²) in [5, 5.41) is 11.8. The Hall–Kier alpha value is -0.150. The van der Waals surface area contributed by atoms with E-state index in [4.69, 9.17) is 23.2 Å². The smallest absolute Gasteiger partial charge is 0.108 e. The van der Waals surface area contributed by atoms with Crippen LogP contribution in [0.15, 0.2) is 12.1 Å². The van der Waals surface area contributed by atoms with Gasteiger partial charge >= 0.3 is 0 Å². The van der Waals surface area contributed by atoms with Crippen LogP contribution in [0.3, 0.4) is 0 Å². The molecular formula is C9H8Cl2OS. The highest BCUT2D eigenvalue weighted by atomic mass is 35.5. The third-order valence-corrected chi connectivity index (χ3v) is 2.67. The van der Waals surface area contributed by atoms with Crippen molar-refractivity contribution in [1.29, 1.82) is 0 Å². The van der Waals surface area contributed by atoms with E-state index in [1.807, 2.05) is 6.92 Å². The van der Waals surface area contributed by atoms with Gasteiger partial charge in [0, 0.05) is 15.4 Å². The van der Waals surface area contributed by atoms with Crippen molar-refractivity contribution in [3.05, 3.63) is 33.3 Å². The third kappa shape index (κ3) is 2.41. The lowest BCUT2D eigenvalue weighted by Crippen LogP contribution is -2.00. The fourth-order valence-electron chi connectivity index (χ4n) is 1.05. The van der Waals surface area contributed by atoms with Crippen LogP contribution in [0.25, 0.3) is 0 Å². The van der Waals surface area contributed by atoms with Crippen molar-refractivity contribution in [1.82, 2.24) is 0 Å². The van der Waals surface area contributed by atoms with E-state index in [9.17, 15) is 5.11 Å². The van der Waals surface area contributed by atoms with Gasteiger partial charge in [0.25, 0.3) is 0 Å². The average molecular weight is 235 g/mol. The quantitative estimate of drug-likeness (QED) is 0.793. The molecule has 0 aliphatic heterocycles. The van der Waals surface area contributed by atoms with E-state index in [1.165, 1.54) is 5.37 Å². The SMILES string of the molecule is Cc1c(Cl)cc(Cl)cc1C(O)C=S. The molecule has 1 aromatic carbocycles. The van der Waals surface area contributed by atoms with Gasteiger partial charge in [-0.25, -0.2) is 0 Å². The normalized spacial score (nSPS) is 12.6. The Morgan fingerprint density at radius 3 is 2.62 bits per heavy atom. The van der Waals surface area contributed by atoms with Crippen LogP contribution >= 0.6 is 35.4 Å². The van der Waals surface area contributed by atoms with E-state index < -0.39 is 6.10 Å². The highest BCUT2D eigenvalue weighted by Gasteiger charge is 2.10. The maximum atomic E-state index is 9.48. The predicted molar refractivity (Wildman–Crippen MR) is 59.8 cm³/mol. The van der Waals surface area contributed by atoms with E-state index in [0.717, 1.165) is 5.56 Å². The van der Waals surface area contributed by atoms with Gasteiger partial charge in [-0.05, 0) is 30.2 Å². The topological polar surface area (TPSA) is 20.2 Å². The molecule has 70 valence electrons. The zero-order chi connectivity index (χ0) is 10.0. The van der Waals surface area contributed by atoms with Gasteiger partial charge in [0.15, 0.2) is 0 Å². The van der Waals surface area contributed by atoms with E-state index in [1.54, 1.807) is 12.1 Å². The molecule has 0 spiro atoms. The lowest BCUT2D eigenvalue weighted by atomic mass is 10.0. The molecule has 1 unspecified atom stereocenters. The van der Waals surface area contributed by atoms with E-state index in [2.05, 4.69) is 12.2 Å². The van der Waals surface area contributed by atoms with Crippen molar-refractivity contribution in [2.75, 3.05) is 0 Å². The summed E-state index contributed by atoms with van der Waals surface area (Å²) in [4.78, 5) is 0. The Kier molecular flexibility index (Phi) is 3.68. The zero-order valence-corrected chi connectivity index (χ0v) is 9.25. The van der Waals surface area contributed by atoms with Crippen molar-refractivity contribution in [3.63, 3.8) is 0 Å². The van der Waals surface area contributed by atoms with Crippen LogP contribution in [0, 0.1) is 6.92 Å². The molecule has 1 atom stereocenters. The maximum absolute atomic E-state index is 9.48. The minimum Gasteiger partial charge on any atom is -0.383 e. The molecule has 0 aliphatic rings. The molecule has 0 fully saturated rings. The molecule has 0 saturated heterocycles. The lowest BCUT2D eigenvalue weighted by Gasteiger charge is -2.10. The van der Waals surface area contributed by atoms with Gasteiger partial charge in [-0.2, -0.15) is 0 Å². The Morgan fingerprint density at radius 2 is 2.08 bits per heavy atom. The summed E-state index contributed by atoms with van der Waals surface area (Å²) in [6, 6.07) is 3.30. The van der Waals surface area contributed by atoms with Crippen LogP contribution in [0.1, 0.15) is 17.2 Å². The summed E-state index contributed by atoms with van der Waals surface area (Å²) in [5.41, 5.74) is 1.46. The number of rotatable bonds is 2. The first-order chi connectivity index (χ1) is 6.06. The molecule has 1 nitrogen and oxygen atoms in total. The van der Waals surface area contributed by atoms with E-state index in [0.29, 0.717) is 15.6 Å². The number of halogens is 2. The first-order valence-electron chi connectivity index (χ1n) is 3.65. The lowest BCUT2D eigenvalue weighted by molar-refractivity contribution is 0.254. The van der Waals surface area contributed by atoms with Crippen molar-refractivity contribution >= 4 is 40.8 Å². The molecule has 1 N–H and O–H groups in total. The molecule has 1 aromatic rings. The second-order valence-electron chi connectivity index (χ2n) is 2.68. The Labute approximate surface area is 92.3 Å². The number of aliphatic hydroxyl groups excluding tert-OH is 1. The molecule has 0 aromatic heterocycles. The number of hydrogen-bond donors (Lipinski definition) is 1. The molecule has 0 saturated carbocycles. The highest BCUT2D eigenvalue weighted by Crippen LogP contribution is 2.27. The zero-order valence-electron chi connectivity index (χ0n) is 6.92. The number of thiocarbonyl (C=S) groups is 1. The molecule has 13 heavy (non-hydrogen) atoms. The van der Waals surface area contributed by atoms with Crippen LogP contribution in [-0.4, -0.2) is 10.5 Å². The Bertz CT molecular complexity index is 339. The van der Waals surface area contributed by atoms with Gasteiger partial charge in [0.2, 0.25) is 0 Å². The minimum atomic E-state index is -0.786. The van der Waals surface area contributed by atoms with Crippen molar-refractivity contribution < 1.29 is 5.11 Å². The standard InChI is InChI=1S/C9H8Cl2OS/c1-5-7(9(12)4-13)2-6(10)3-8(5)11/h2-4,9,12H,1H3. The molecular weight excluding hydrogens is 227 g/mol. The Morgan fingerprint density at radius 1 is 1.46 bits per heavy atom. The van der Waals surface area contributed by atoms with Crippen LogP contribution in [0.4, 0.5) is 0 Å². The molecule has 0 radical (unpaired) electrons. The molecule has 4 heteroatoms. The minimum absolute atomic E-state index is 0.501. The molecule has 0 amide bonds. The first kappa shape index (κ1) is 10.9. The fourth-order valence-corrected chi connectivity index (χ4v) is 1.70. The maximum Gasteiger partial charge on any atom is 0.108 e. The summed E-state index contributed by atoms with van der Waals surface area (Å²) >= 11 is 16.3. The van der Waals surface area contributed by atoms with Gasteiger partial charge in [-0.15, -0.1) is 0 Å². The van der Waals surface area contributed by atoms with Crippen molar-refractivity contribution in [2.24, 2.45) is 0 Å². The average Bonchev–Trinajstić information content (AvgIpc) is 2.10. The number of benzene rings is 1. The largest absolute Gasteiger partial charge is 0.383 e. The molecule has 0 aliphatic carbocycles. The van der Waals surface area contributed by atoms with Crippen LogP contribution < -0.4 is 0 Å². The summed E-state index contributed by atoms with van der Waals surface area (Å²) < 4.78 is 0. The Balaban J connectivity index is 3.27. The fraction of sp³-hybridized carbons (Fsp3) is 0.222. The van der Waals surface area contributed by atoms with E-state index in [-0.39, 0.29) is 0 Å². The molecule has 0 heterocycles. The van der Waals surface area contributed by atoms with Gasteiger partial charge in [0.05, 0.1) is 0 Å². The van der Waals surface area contributed by atoms with Crippen molar-refractivity contribution in [2.45, 2.75) is 13.0 Å². The van der Waals surface area contributed by atoms with Gasteiger partial charge in [-0.1, -0.05) is 35.4 Å². The van der Waals surface area contributed by atoms with Crippen LogP contribution in [-0.2, 0) is 0 Å². The second-order valence-corrected chi connectivity index (χ2v) is 3.80. The third-order valence-electron chi connectivity index (χ3n) is 1.80. The van der Waals surface area contributed by atoms with Crippen LogP contribution in [0.2, 0.25) is 10.0 Å². The van der Waals surface area contributed by atoms with E-state index >= 15 is 0 Å². The summed E-state index contributed by atoms with van der Waals surface area (Å²) in [5.74, 6) is 0. The summed E-state index contributed by atoms with van der Waals surface area (Å²) in [6.07, 6.45) is -0.786. The molecule has 1 rings (SSSR count). The molecule has 0 bridgehead atoms. The summed E-state index contributed by atoms with van der Waals surface area (Å²) in [7, 11) is 0. The monoisotopic (exact) mass is 234 g/mol. The van der Waals surface area contributed by atoms with Gasteiger partial charge in [-0.3, -0.25) is 0 Å². The highest BCUT2D eigenvalue weighted by molar-refractivity contribution is 7.79. The summed E-state index contributed by atoms with van der Waals surface area (Å²) in [6.45, 7) is 1.82.